The maximum Gasteiger partial charge on any atom is 0.408 e. The molecule has 244 valence electrons. The number of hydrogen-bond donors (Lipinski definition) is 3. The van der Waals surface area contributed by atoms with E-state index in [1.165, 1.54) is 0 Å². The van der Waals surface area contributed by atoms with Crippen molar-refractivity contribution in [1.82, 2.24) is 16.0 Å². The number of amides is 3. The van der Waals surface area contributed by atoms with Crippen molar-refractivity contribution in [2.24, 2.45) is 0 Å². The minimum Gasteiger partial charge on any atom is -0.444 e. The molecule has 2 aromatic carbocycles. The van der Waals surface area contributed by atoms with Crippen LogP contribution in [0.3, 0.4) is 0 Å². The van der Waals surface area contributed by atoms with Crippen LogP contribution in [-0.4, -0.2) is 61.2 Å². The smallest absolute Gasteiger partial charge is 0.408 e. The van der Waals surface area contributed by atoms with Gasteiger partial charge in [0.25, 0.3) is 7.37 Å². The molecule has 0 bridgehead atoms. The number of rotatable bonds is 18. The molecule has 3 N–H and O–H groups in total. The summed E-state index contributed by atoms with van der Waals surface area (Å²) in [5.41, 5.74) is 0.922. The second kappa shape index (κ2) is 18.5. The number of ether oxygens (including phenoxy) is 3. The van der Waals surface area contributed by atoms with Gasteiger partial charge < -0.3 is 34.7 Å². The Balaban J connectivity index is 2.36. The van der Waals surface area contributed by atoms with Crippen LogP contribution in [0.4, 0.5) is 4.79 Å². The first-order chi connectivity index (χ1) is 20.9. The van der Waals surface area contributed by atoms with Gasteiger partial charge in [0.05, 0.1) is 6.61 Å². The summed E-state index contributed by atoms with van der Waals surface area (Å²) in [6.45, 7) is 11.0. The number of carbonyl (C=O) groups excluding carboxylic acids is 3. The van der Waals surface area contributed by atoms with Crippen LogP contribution in [0.5, 0.6) is 0 Å². The van der Waals surface area contributed by atoms with Crippen molar-refractivity contribution in [2.45, 2.75) is 90.8 Å². The number of nitrogens with one attached hydrogen (secondary N) is 3. The average molecular weight is 634 g/mol. The largest absolute Gasteiger partial charge is 0.444 e. The standard InChI is InChI=1S/C32H48N3O8P/c1-7-40-31(41-8-2)44(39,42-9-3)28(21-20-27(36)33-23-25-18-14-11-15-19-25)35-29(37)26(22-24-16-12-10-13-17-24)34-30(38)43-32(4,5)6/h10-19,26,28,31H,7-9,20-23H2,1-6H3,(H,33,36)(H,34,38)(H,35,37)/t26-,28+,44?/m0/s1. The van der Waals surface area contributed by atoms with Crippen molar-refractivity contribution in [2.75, 3.05) is 19.8 Å². The molecule has 1 unspecified atom stereocenters. The van der Waals surface area contributed by atoms with Gasteiger partial charge in [-0.3, -0.25) is 14.2 Å². The van der Waals surface area contributed by atoms with Crippen LogP contribution in [0.1, 0.15) is 65.5 Å². The van der Waals surface area contributed by atoms with Crippen LogP contribution in [-0.2, 0) is 45.9 Å². The van der Waals surface area contributed by atoms with Crippen molar-refractivity contribution in [3.8, 4) is 0 Å². The third-order valence-electron chi connectivity index (χ3n) is 6.25. The molecular formula is C32H48N3O8P. The SMILES string of the molecule is CCOC(OCC)P(=O)(OCC)[C@H](CCC(=O)NCc1ccccc1)NC(=O)[C@H](Cc1ccccc1)NC(=O)OC(C)(C)C. The van der Waals surface area contributed by atoms with Gasteiger partial charge in [0.2, 0.25) is 17.8 Å². The van der Waals surface area contributed by atoms with Gasteiger partial charge in [-0.05, 0) is 59.1 Å². The molecule has 0 saturated carbocycles. The summed E-state index contributed by atoms with van der Waals surface area (Å²) < 4.78 is 37.2. The Bertz CT molecular complexity index is 1200. The van der Waals surface area contributed by atoms with Crippen molar-refractivity contribution in [3.05, 3.63) is 71.8 Å². The summed E-state index contributed by atoms with van der Waals surface area (Å²) in [4.78, 5) is 39.5. The molecular weight excluding hydrogens is 585 g/mol. The van der Waals surface area contributed by atoms with Gasteiger partial charge in [-0.15, -0.1) is 0 Å². The molecule has 0 heterocycles. The molecule has 3 amide bonds. The second-order valence-electron chi connectivity index (χ2n) is 11.0. The third-order valence-corrected chi connectivity index (χ3v) is 9.06. The predicted octanol–water partition coefficient (Wildman–Crippen LogP) is 5.33. The molecule has 0 aliphatic carbocycles. The van der Waals surface area contributed by atoms with E-state index in [9.17, 15) is 18.9 Å². The summed E-state index contributed by atoms with van der Waals surface area (Å²) in [5.74, 6) is -2.09. The van der Waals surface area contributed by atoms with Gasteiger partial charge in [0.1, 0.15) is 17.4 Å². The second-order valence-corrected chi connectivity index (χ2v) is 13.6. The number of carbonyl (C=O) groups is 3. The van der Waals surface area contributed by atoms with E-state index in [0.29, 0.717) is 6.54 Å². The zero-order valence-corrected chi connectivity index (χ0v) is 27.6. The predicted molar refractivity (Wildman–Crippen MR) is 169 cm³/mol. The Kier molecular flexibility index (Phi) is 15.6. The summed E-state index contributed by atoms with van der Waals surface area (Å²) in [6, 6.07) is 16.2. The number of benzene rings is 2. The molecule has 0 aromatic heterocycles. The Hall–Kier alpha value is -3.24. The molecule has 2 aromatic rings. The van der Waals surface area contributed by atoms with Gasteiger partial charge in [-0.1, -0.05) is 60.7 Å². The molecule has 0 aliphatic heterocycles. The van der Waals surface area contributed by atoms with E-state index in [1.54, 1.807) is 41.5 Å². The minimum absolute atomic E-state index is 0.0369. The van der Waals surface area contributed by atoms with Gasteiger partial charge >= 0.3 is 6.09 Å². The lowest BCUT2D eigenvalue weighted by molar-refractivity contribution is -0.125. The maximum absolute atomic E-state index is 14.6. The molecule has 11 nitrogen and oxygen atoms in total. The lowest BCUT2D eigenvalue weighted by Crippen LogP contribution is -2.52. The Morgan fingerprint density at radius 1 is 0.818 bits per heavy atom. The van der Waals surface area contributed by atoms with Crippen LogP contribution in [0, 0.1) is 0 Å². The Labute approximate surface area is 261 Å². The van der Waals surface area contributed by atoms with E-state index in [-0.39, 0.29) is 45.0 Å². The maximum atomic E-state index is 14.6. The quantitative estimate of drug-likeness (QED) is 0.148. The van der Waals surface area contributed by atoms with E-state index in [4.69, 9.17) is 18.7 Å². The van der Waals surface area contributed by atoms with E-state index in [2.05, 4.69) is 16.0 Å². The van der Waals surface area contributed by atoms with Crippen molar-refractivity contribution >= 4 is 25.3 Å². The van der Waals surface area contributed by atoms with E-state index in [1.807, 2.05) is 60.7 Å². The molecule has 0 radical (unpaired) electrons. The van der Waals surface area contributed by atoms with Crippen molar-refractivity contribution in [3.63, 3.8) is 0 Å². The van der Waals surface area contributed by atoms with E-state index in [0.717, 1.165) is 11.1 Å². The molecule has 0 spiro atoms. The summed E-state index contributed by atoms with van der Waals surface area (Å²) in [5, 5.41) is 8.32. The normalized spacial score (nSPS) is 14.2. The van der Waals surface area contributed by atoms with Crippen LogP contribution in [0.25, 0.3) is 0 Å². The number of alkyl carbamates (subject to hydrolysis) is 1. The fraction of sp³-hybridized carbons (Fsp3) is 0.531. The highest BCUT2D eigenvalue weighted by molar-refractivity contribution is 7.60. The lowest BCUT2D eigenvalue weighted by atomic mass is 10.1. The first kappa shape index (κ1) is 36.9. The lowest BCUT2D eigenvalue weighted by Gasteiger charge is -2.34. The number of hydrogen-bond acceptors (Lipinski definition) is 8. The highest BCUT2D eigenvalue weighted by Gasteiger charge is 2.45. The summed E-state index contributed by atoms with van der Waals surface area (Å²) in [7, 11) is -3.95. The monoisotopic (exact) mass is 633 g/mol. The van der Waals surface area contributed by atoms with Crippen LogP contribution < -0.4 is 16.0 Å². The van der Waals surface area contributed by atoms with Gasteiger partial charge in [-0.2, -0.15) is 0 Å². The van der Waals surface area contributed by atoms with Crippen molar-refractivity contribution in [1.29, 1.82) is 0 Å². The van der Waals surface area contributed by atoms with Crippen LogP contribution in [0.15, 0.2) is 60.7 Å². The first-order valence-electron chi connectivity index (χ1n) is 15.0. The highest BCUT2D eigenvalue weighted by Crippen LogP contribution is 2.57. The van der Waals surface area contributed by atoms with E-state index < -0.39 is 42.8 Å². The topological polar surface area (TPSA) is 141 Å². The third kappa shape index (κ3) is 12.8. The highest BCUT2D eigenvalue weighted by atomic mass is 31.2. The fourth-order valence-electron chi connectivity index (χ4n) is 4.31. The molecule has 0 fully saturated rings. The zero-order chi connectivity index (χ0) is 32.6. The minimum atomic E-state index is -3.95. The van der Waals surface area contributed by atoms with Gasteiger partial charge in [0, 0.05) is 32.6 Å². The first-order valence-corrected chi connectivity index (χ1v) is 16.8. The fourth-order valence-corrected chi connectivity index (χ4v) is 6.82. The van der Waals surface area contributed by atoms with Crippen molar-refractivity contribution < 1.29 is 37.7 Å². The Morgan fingerprint density at radius 2 is 1.39 bits per heavy atom. The molecule has 12 heteroatoms. The van der Waals surface area contributed by atoms with Gasteiger partial charge in [0.15, 0.2) is 0 Å². The average Bonchev–Trinajstić information content (AvgIpc) is 2.97. The molecule has 2 rings (SSSR count). The summed E-state index contributed by atoms with van der Waals surface area (Å²) in [6.07, 6.45) is -0.747. The molecule has 0 saturated heterocycles. The zero-order valence-electron chi connectivity index (χ0n) is 26.7. The summed E-state index contributed by atoms with van der Waals surface area (Å²) >= 11 is 0. The Morgan fingerprint density at radius 3 is 1.91 bits per heavy atom. The molecule has 3 atom stereocenters. The van der Waals surface area contributed by atoms with Gasteiger partial charge in [-0.25, -0.2) is 4.79 Å². The van der Waals surface area contributed by atoms with Crippen LogP contribution >= 0.6 is 7.37 Å². The van der Waals surface area contributed by atoms with Crippen LogP contribution in [0.2, 0.25) is 0 Å². The van der Waals surface area contributed by atoms with E-state index >= 15 is 0 Å². The molecule has 44 heavy (non-hydrogen) atoms. The molecule has 0 aliphatic rings.